The summed E-state index contributed by atoms with van der Waals surface area (Å²) in [6, 6.07) is 8.76. The van der Waals surface area contributed by atoms with Gasteiger partial charge in [-0.2, -0.15) is 0 Å². The van der Waals surface area contributed by atoms with Crippen LogP contribution in [0.15, 0.2) is 24.3 Å². The van der Waals surface area contributed by atoms with Crippen LogP contribution in [0.25, 0.3) is 0 Å². The third-order valence-corrected chi connectivity index (χ3v) is 7.39. The number of carbonyl (C=O) groups is 2. The number of amides is 2. The molecule has 3 rings (SSSR count). The maximum atomic E-state index is 12.9. The lowest BCUT2D eigenvalue weighted by molar-refractivity contribution is -0.137. The molecule has 0 saturated carbocycles. The van der Waals surface area contributed by atoms with Crippen LogP contribution in [-0.4, -0.2) is 60.2 Å². The molecule has 0 radical (unpaired) electrons. The standard InChI is InChI=1S/C23H34N2O3S/c1-16-21(27)25(14-17-10-12-24(13-11-17)20(26)15-28-5)22(29-16)18-6-8-19(9-7-18)23(2,3)4/h6-9,16-17,22H,10-15H2,1-5H3/t16-,22+/m1/s1. The number of carbonyl (C=O) groups excluding carboxylic acids is 2. The Balaban J connectivity index is 1.66. The van der Waals surface area contributed by atoms with Gasteiger partial charge in [-0.15, -0.1) is 11.8 Å². The van der Waals surface area contributed by atoms with Gasteiger partial charge in [-0.3, -0.25) is 9.59 Å². The Hall–Kier alpha value is -1.53. The number of ether oxygens (including phenoxy) is 1. The Morgan fingerprint density at radius 2 is 1.79 bits per heavy atom. The molecule has 2 fully saturated rings. The highest BCUT2D eigenvalue weighted by molar-refractivity contribution is 8.01. The van der Waals surface area contributed by atoms with E-state index in [1.165, 1.54) is 11.1 Å². The third kappa shape index (κ3) is 5.15. The Morgan fingerprint density at radius 3 is 2.34 bits per heavy atom. The van der Waals surface area contributed by atoms with Crippen molar-refractivity contribution < 1.29 is 14.3 Å². The van der Waals surface area contributed by atoms with Crippen LogP contribution >= 0.6 is 11.8 Å². The normalized spacial score (nSPS) is 23.7. The maximum Gasteiger partial charge on any atom is 0.248 e. The van der Waals surface area contributed by atoms with Crippen molar-refractivity contribution in [2.24, 2.45) is 5.92 Å². The van der Waals surface area contributed by atoms with Gasteiger partial charge in [0, 0.05) is 26.7 Å². The van der Waals surface area contributed by atoms with Crippen LogP contribution in [0.5, 0.6) is 0 Å². The summed E-state index contributed by atoms with van der Waals surface area (Å²) in [6.07, 6.45) is 1.88. The molecular weight excluding hydrogens is 384 g/mol. The zero-order chi connectivity index (χ0) is 21.2. The van der Waals surface area contributed by atoms with Gasteiger partial charge in [0.2, 0.25) is 11.8 Å². The van der Waals surface area contributed by atoms with Crippen molar-refractivity contribution in [3.63, 3.8) is 0 Å². The van der Waals surface area contributed by atoms with Gasteiger partial charge in [0.05, 0.1) is 5.25 Å². The van der Waals surface area contributed by atoms with E-state index < -0.39 is 0 Å². The van der Waals surface area contributed by atoms with E-state index >= 15 is 0 Å². The van der Waals surface area contributed by atoms with Crippen molar-refractivity contribution in [3.8, 4) is 0 Å². The maximum absolute atomic E-state index is 12.9. The number of piperidine rings is 1. The molecule has 0 N–H and O–H groups in total. The van der Waals surface area contributed by atoms with Crippen molar-refractivity contribution in [3.05, 3.63) is 35.4 Å². The van der Waals surface area contributed by atoms with E-state index in [9.17, 15) is 9.59 Å². The van der Waals surface area contributed by atoms with E-state index in [2.05, 4.69) is 49.9 Å². The van der Waals surface area contributed by atoms with Crippen LogP contribution in [0.2, 0.25) is 0 Å². The molecule has 2 aliphatic rings. The topological polar surface area (TPSA) is 49.9 Å². The smallest absolute Gasteiger partial charge is 0.248 e. The SMILES string of the molecule is COCC(=O)N1CCC(CN2C(=O)[C@@H](C)S[C@H]2c2ccc(C(C)(C)C)cc2)CC1. The summed E-state index contributed by atoms with van der Waals surface area (Å²) >= 11 is 1.74. The zero-order valence-corrected chi connectivity index (χ0v) is 19.1. The first-order valence-electron chi connectivity index (χ1n) is 10.5. The average molecular weight is 419 g/mol. The van der Waals surface area contributed by atoms with Crippen LogP contribution < -0.4 is 0 Å². The molecule has 2 aliphatic heterocycles. The molecule has 0 aromatic heterocycles. The van der Waals surface area contributed by atoms with Crippen LogP contribution in [0, 0.1) is 5.92 Å². The molecule has 29 heavy (non-hydrogen) atoms. The molecular formula is C23H34N2O3S. The van der Waals surface area contributed by atoms with E-state index in [1.807, 2.05) is 11.8 Å². The molecule has 2 heterocycles. The van der Waals surface area contributed by atoms with Crippen molar-refractivity contribution in [1.82, 2.24) is 9.80 Å². The largest absolute Gasteiger partial charge is 0.375 e. The number of methoxy groups -OCH3 is 1. The van der Waals surface area contributed by atoms with E-state index in [0.29, 0.717) is 5.92 Å². The van der Waals surface area contributed by atoms with Crippen molar-refractivity contribution in [2.45, 2.75) is 56.6 Å². The fourth-order valence-corrected chi connectivity index (χ4v) is 5.41. The molecule has 2 saturated heterocycles. The second-order valence-electron chi connectivity index (χ2n) is 9.25. The van der Waals surface area contributed by atoms with Crippen LogP contribution in [0.1, 0.15) is 57.0 Å². The molecule has 5 nitrogen and oxygen atoms in total. The first kappa shape index (κ1) is 22.2. The number of rotatable bonds is 5. The third-order valence-electron chi connectivity index (χ3n) is 6.00. The summed E-state index contributed by atoms with van der Waals surface area (Å²) in [7, 11) is 1.55. The predicted molar refractivity (Wildman–Crippen MR) is 118 cm³/mol. The number of hydrogen-bond acceptors (Lipinski definition) is 4. The van der Waals surface area contributed by atoms with E-state index in [1.54, 1.807) is 18.9 Å². The summed E-state index contributed by atoms with van der Waals surface area (Å²) in [5.74, 6) is 0.731. The minimum absolute atomic E-state index is 0.00865. The van der Waals surface area contributed by atoms with Crippen molar-refractivity contribution in [1.29, 1.82) is 0 Å². The predicted octanol–water partition coefficient (Wildman–Crippen LogP) is 3.83. The first-order valence-corrected chi connectivity index (χ1v) is 11.5. The minimum Gasteiger partial charge on any atom is -0.375 e. The minimum atomic E-state index is -0.00865. The van der Waals surface area contributed by atoms with Gasteiger partial charge >= 0.3 is 0 Å². The Morgan fingerprint density at radius 1 is 1.17 bits per heavy atom. The molecule has 160 valence electrons. The van der Waals surface area contributed by atoms with Crippen molar-refractivity contribution in [2.75, 3.05) is 33.4 Å². The summed E-state index contributed by atoms with van der Waals surface area (Å²) in [5.41, 5.74) is 2.63. The number of likely N-dealkylation sites (tertiary alicyclic amines) is 1. The van der Waals surface area contributed by atoms with Gasteiger partial charge in [-0.25, -0.2) is 0 Å². The van der Waals surface area contributed by atoms with Crippen LogP contribution in [0.3, 0.4) is 0 Å². The van der Waals surface area contributed by atoms with E-state index in [4.69, 9.17) is 4.74 Å². The summed E-state index contributed by atoms with van der Waals surface area (Å²) < 4.78 is 4.96. The van der Waals surface area contributed by atoms with Crippen molar-refractivity contribution >= 4 is 23.6 Å². The Kier molecular flexibility index (Phi) is 6.94. The first-order chi connectivity index (χ1) is 13.7. The molecule has 1 aromatic carbocycles. The van der Waals surface area contributed by atoms with E-state index in [-0.39, 0.29) is 34.5 Å². The molecule has 0 spiro atoms. The lowest BCUT2D eigenvalue weighted by atomic mass is 9.86. The molecule has 0 bridgehead atoms. The van der Waals surface area contributed by atoms with Crippen LogP contribution in [-0.2, 0) is 19.7 Å². The van der Waals surface area contributed by atoms with E-state index in [0.717, 1.165) is 32.5 Å². The summed E-state index contributed by atoms with van der Waals surface area (Å²) in [5, 5.41) is 0.0744. The lowest BCUT2D eigenvalue weighted by Gasteiger charge is -2.35. The molecule has 0 aliphatic carbocycles. The summed E-state index contributed by atoms with van der Waals surface area (Å²) in [6.45, 7) is 11.1. The molecule has 1 aromatic rings. The highest BCUT2D eigenvalue weighted by Gasteiger charge is 2.40. The van der Waals surface area contributed by atoms with Gasteiger partial charge in [0.15, 0.2) is 0 Å². The van der Waals surface area contributed by atoms with Gasteiger partial charge in [0.1, 0.15) is 12.0 Å². The number of hydrogen-bond donors (Lipinski definition) is 0. The average Bonchev–Trinajstić information content (AvgIpc) is 2.96. The second-order valence-corrected chi connectivity index (χ2v) is 10.7. The Labute approximate surface area is 179 Å². The second kappa shape index (κ2) is 9.09. The molecule has 0 unspecified atom stereocenters. The summed E-state index contributed by atoms with van der Waals surface area (Å²) in [4.78, 5) is 28.8. The highest BCUT2D eigenvalue weighted by Crippen LogP contribution is 2.44. The quantitative estimate of drug-likeness (QED) is 0.729. The van der Waals surface area contributed by atoms with Crippen LogP contribution in [0.4, 0.5) is 0 Å². The number of benzene rings is 1. The zero-order valence-electron chi connectivity index (χ0n) is 18.3. The van der Waals surface area contributed by atoms with Gasteiger partial charge in [-0.05, 0) is 42.2 Å². The van der Waals surface area contributed by atoms with Gasteiger partial charge in [0.25, 0.3) is 0 Å². The van der Waals surface area contributed by atoms with Gasteiger partial charge in [-0.1, -0.05) is 45.0 Å². The molecule has 2 atom stereocenters. The fraction of sp³-hybridized carbons (Fsp3) is 0.652. The highest BCUT2D eigenvalue weighted by atomic mass is 32.2. The number of thioether (sulfide) groups is 1. The Bertz CT molecular complexity index is 721. The lowest BCUT2D eigenvalue weighted by Crippen LogP contribution is -2.43. The monoisotopic (exact) mass is 418 g/mol. The van der Waals surface area contributed by atoms with Gasteiger partial charge < -0.3 is 14.5 Å². The number of nitrogens with zero attached hydrogens (tertiary/aromatic N) is 2. The molecule has 6 heteroatoms. The fourth-order valence-electron chi connectivity index (χ4n) is 4.12. The molecule has 2 amide bonds.